The van der Waals surface area contributed by atoms with E-state index in [1.54, 1.807) is 36.4 Å². The highest BCUT2D eigenvalue weighted by Crippen LogP contribution is 2.39. The molecule has 0 unspecified atom stereocenters. The third-order valence-corrected chi connectivity index (χ3v) is 13.2. The van der Waals surface area contributed by atoms with Crippen LogP contribution in [0, 0.1) is 6.92 Å². The summed E-state index contributed by atoms with van der Waals surface area (Å²) in [5.74, 6) is -5.96. The summed E-state index contributed by atoms with van der Waals surface area (Å²) in [5, 5.41) is 0.688. The molecule has 23 nitrogen and oxygen atoms in total. The molecule has 3 saturated heterocycles. The maximum absolute atomic E-state index is 13.2. The Morgan fingerprint density at radius 2 is 0.949 bits per heavy atom. The number of methoxy groups -OCH3 is 2. The number of fused-ring (bicyclic) bond motifs is 1. The van der Waals surface area contributed by atoms with Crippen molar-refractivity contribution in [1.29, 1.82) is 0 Å². The summed E-state index contributed by atoms with van der Waals surface area (Å²) >= 11 is 0. The molecule has 0 radical (unpaired) electrons. The molecule has 3 aliphatic rings. The van der Waals surface area contributed by atoms with E-state index < -0.39 is 109 Å². The van der Waals surface area contributed by atoms with Crippen LogP contribution in [0.1, 0.15) is 78.4 Å². The third kappa shape index (κ3) is 14.9. The second-order valence-electron chi connectivity index (χ2n) is 19.1. The van der Waals surface area contributed by atoms with Gasteiger partial charge in [-0.3, -0.25) is 33.7 Å². The molecular weight excluding hydrogens is 1040 g/mol. The molecule has 4 heterocycles. The van der Waals surface area contributed by atoms with Crippen LogP contribution < -0.4 is 14.2 Å². The van der Waals surface area contributed by atoms with Gasteiger partial charge in [0.05, 0.1) is 19.9 Å². The summed E-state index contributed by atoms with van der Waals surface area (Å²) in [6, 6.07) is 19.7. The highest BCUT2D eigenvalue weighted by molar-refractivity contribution is 5.93. The van der Waals surface area contributed by atoms with Crippen molar-refractivity contribution in [3.8, 4) is 28.5 Å². The molecule has 426 valence electrons. The van der Waals surface area contributed by atoms with E-state index in [0.29, 0.717) is 24.1 Å². The van der Waals surface area contributed by atoms with E-state index in [-0.39, 0.29) is 11.5 Å². The smallest absolute Gasteiger partial charge is 0.339 e. The monoisotopic (exact) mass is 1100 g/mol. The third-order valence-electron chi connectivity index (χ3n) is 13.2. The number of benzene rings is 3. The maximum atomic E-state index is 13.2. The van der Waals surface area contributed by atoms with Crippen molar-refractivity contribution < 1.29 is 99.9 Å². The summed E-state index contributed by atoms with van der Waals surface area (Å²) in [7, 11) is 2.17. The highest BCUT2D eigenvalue weighted by atomic mass is 16.8. The Hall–Kier alpha value is -7.76. The number of aromatic nitrogens is 1. The summed E-state index contributed by atoms with van der Waals surface area (Å²) in [6.45, 7) is 12.3. The largest absolute Gasteiger partial charge is 0.492 e. The number of carbonyl (C=O) groups excluding carboxylic acids is 8. The molecule has 3 aromatic carbocycles. The summed E-state index contributed by atoms with van der Waals surface area (Å²) in [4.78, 5) is 103. The highest BCUT2D eigenvalue weighted by Gasteiger charge is 2.57. The van der Waals surface area contributed by atoms with E-state index in [2.05, 4.69) is 9.47 Å². The summed E-state index contributed by atoms with van der Waals surface area (Å²) in [6.07, 6.45) is -11.1. The van der Waals surface area contributed by atoms with Crippen LogP contribution in [0.4, 0.5) is 0 Å². The summed E-state index contributed by atoms with van der Waals surface area (Å²) < 4.78 is 75.8. The molecule has 0 amide bonds. The minimum absolute atomic E-state index is 0.160. The van der Waals surface area contributed by atoms with E-state index in [1.807, 2.05) is 37.3 Å². The molecule has 0 aliphatic carbocycles. The molecular formula is C56H66N2O21. The lowest BCUT2D eigenvalue weighted by molar-refractivity contribution is -0.282. The molecule has 1 aromatic heterocycles. The zero-order chi connectivity index (χ0) is 57.1. The molecule has 0 bridgehead atoms. The van der Waals surface area contributed by atoms with Crippen molar-refractivity contribution >= 4 is 58.7 Å². The Bertz CT molecular complexity index is 2840. The summed E-state index contributed by atoms with van der Waals surface area (Å²) in [5.41, 5.74) is 3.85. The van der Waals surface area contributed by atoms with Gasteiger partial charge in [0.2, 0.25) is 24.8 Å². The molecule has 79 heavy (non-hydrogen) atoms. The Balaban J connectivity index is 1.25. The number of esters is 8. The fourth-order valence-corrected chi connectivity index (χ4v) is 9.95. The van der Waals surface area contributed by atoms with Gasteiger partial charge in [0.1, 0.15) is 23.9 Å². The van der Waals surface area contributed by atoms with Crippen LogP contribution in [0.15, 0.2) is 66.7 Å². The Morgan fingerprint density at radius 1 is 0.519 bits per heavy atom. The number of carbonyl (C=O) groups is 8. The van der Waals surface area contributed by atoms with Crippen molar-refractivity contribution in [1.82, 2.24) is 9.47 Å². The molecule has 3 aliphatic heterocycles. The number of hydrogen-bond acceptors (Lipinski definition) is 22. The van der Waals surface area contributed by atoms with Gasteiger partial charge in [-0.2, -0.15) is 0 Å². The molecule has 7 rings (SSSR count). The Labute approximate surface area is 455 Å². The SMILES string of the molecule is COC(=O)[C@H]1O[C@@H](Oc2ccc(-c3c(C)c4cc(O[C@@H]5O[C@H](C(=O)OC)[C@@H](OC(C)=O)[C@H](OC(C)=O)[C@H]5OC(C)=O)ccc4n3Cc3ccc(OCCN4CCCCCC4)cc3)cc2)[C@H](OC(C)=O)[C@@H](OC(C)=O)[C@@H]1OC(C)=O. The van der Waals surface area contributed by atoms with Gasteiger partial charge in [-0.1, -0.05) is 25.0 Å². The van der Waals surface area contributed by atoms with E-state index in [0.717, 1.165) is 103 Å². The number of hydrogen-bond donors (Lipinski definition) is 0. The molecule has 3 fully saturated rings. The minimum atomic E-state index is -1.68. The fourth-order valence-electron chi connectivity index (χ4n) is 9.95. The van der Waals surface area contributed by atoms with Gasteiger partial charge in [0, 0.05) is 65.5 Å². The Kier molecular flexibility index (Phi) is 19.9. The average molecular weight is 1100 g/mol. The normalized spacial score (nSPS) is 24.1. The number of likely N-dealkylation sites (tertiary alicyclic amines) is 1. The second-order valence-corrected chi connectivity index (χ2v) is 19.1. The molecule has 23 heteroatoms. The predicted molar refractivity (Wildman–Crippen MR) is 274 cm³/mol. The standard InChI is InChI=1S/C56H66N2O21/c1-30-42-28-41(77-56-52(75-36(7)64)48(73-34(5)62)46(71-32(3)60)50(79-56)54(66)68-9)22-23-43(42)58(29-37-14-18-39(19-15-37)69-27-26-57-24-12-10-11-13-25-57)44(30)38-16-20-40(21-17-38)76-55-51(74-35(6)63)47(72-33(4)61)45(70-31(2)59)49(78-55)53(65)67-8/h14-23,28,45-52,55-56H,10-13,24-27,29H2,1-9H3/t45-,46-,47-,48-,49-,50-,51+,52+,55+,56+/m0/s1. The maximum Gasteiger partial charge on any atom is 0.339 e. The second kappa shape index (κ2) is 26.7. The first kappa shape index (κ1) is 58.9. The predicted octanol–water partition coefficient (Wildman–Crippen LogP) is 5.06. The van der Waals surface area contributed by atoms with Crippen molar-refractivity contribution in [2.75, 3.05) is 40.5 Å². The van der Waals surface area contributed by atoms with Crippen molar-refractivity contribution in [3.63, 3.8) is 0 Å². The van der Waals surface area contributed by atoms with Crippen LogP contribution >= 0.6 is 0 Å². The molecule has 0 N–H and O–H groups in total. The lowest BCUT2D eigenvalue weighted by Gasteiger charge is -2.43. The van der Waals surface area contributed by atoms with E-state index in [9.17, 15) is 38.4 Å². The average Bonchev–Trinajstić information content (AvgIpc) is 3.72. The first-order valence-electron chi connectivity index (χ1n) is 25.8. The van der Waals surface area contributed by atoms with Crippen LogP contribution in [0.2, 0.25) is 0 Å². The van der Waals surface area contributed by atoms with Crippen molar-refractivity contribution in [2.45, 2.75) is 142 Å². The van der Waals surface area contributed by atoms with Gasteiger partial charge in [-0.05, 0) is 104 Å². The van der Waals surface area contributed by atoms with Crippen molar-refractivity contribution in [3.05, 3.63) is 77.9 Å². The van der Waals surface area contributed by atoms with Crippen LogP contribution in [0.5, 0.6) is 17.2 Å². The zero-order valence-electron chi connectivity index (χ0n) is 45.5. The van der Waals surface area contributed by atoms with Crippen LogP contribution in [-0.4, -0.2) is 159 Å². The van der Waals surface area contributed by atoms with Crippen LogP contribution in [0.25, 0.3) is 22.2 Å². The lowest BCUT2D eigenvalue weighted by Crippen LogP contribution is -2.64. The van der Waals surface area contributed by atoms with Gasteiger partial charge in [-0.25, -0.2) is 9.59 Å². The quantitative estimate of drug-likeness (QED) is 0.0877. The first-order valence-corrected chi connectivity index (χ1v) is 25.8. The fraction of sp³-hybridized carbons (Fsp3) is 0.500. The number of nitrogens with zero attached hydrogens (tertiary/aromatic N) is 2. The number of rotatable bonds is 19. The topological polar surface area (TPSA) is 265 Å². The van der Waals surface area contributed by atoms with E-state index in [4.69, 9.17) is 61.6 Å². The van der Waals surface area contributed by atoms with Gasteiger partial charge < -0.3 is 66.1 Å². The molecule has 0 spiro atoms. The van der Waals surface area contributed by atoms with Gasteiger partial charge in [0.25, 0.3) is 0 Å². The number of ether oxygens (including phenoxy) is 13. The van der Waals surface area contributed by atoms with Crippen LogP contribution in [0.3, 0.4) is 0 Å². The van der Waals surface area contributed by atoms with E-state index >= 15 is 0 Å². The van der Waals surface area contributed by atoms with E-state index in [1.165, 1.54) is 25.7 Å². The zero-order valence-corrected chi connectivity index (χ0v) is 45.5. The van der Waals surface area contributed by atoms with Gasteiger partial charge in [0.15, 0.2) is 36.6 Å². The number of aryl methyl sites for hydroxylation is 1. The first-order chi connectivity index (χ1) is 37.7. The molecule has 4 aromatic rings. The molecule has 10 atom stereocenters. The minimum Gasteiger partial charge on any atom is -0.492 e. The lowest BCUT2D eigenvalue weighted by atomic mass is 9.97. The Morgan fingerprint density at radius 3 is 1.42 bits per heavy atom. The molecule has 0 saturated carbocycles. The van der Waals surface area contributed by atoms with Crippen molar-refractivity contribution in [2.24, 2.45) is 0 Å². The van der Waals surface area contributed by atoms with Gasteiger partial charge in [-0.15, -0.1) is 0 Å². The van der Waals surface area contributed by atoms with Crippen LogP contribution in [-0.2, 0) is 92.3 Å². The van der Waals surface area contributed by atoms with Gasteiger partial charge >= 0.3 is 47.8 Å².